The fourth-order valence-electron chi connectivity index (χ4n) is 1.39. The second-order valence-electron chi connectivity index (χ2n) is 3.88. The van der Waals surface area contributed by atoms with Crippen LogP contribution in [0, 0.1) is 0 Å². The van der Waals surface area contributed by atoms with E-state index in [1.165, 1.54) is 0 Å². The van der Waals surface area contributed by atoms with Gasteiger partial charge in [0.05, 0.1) is 18.4 Å². The molecule has 0 aliphatic rings. The summed E-state index contributed by atoms with van der Waals surface area (Å²) in [5.74, 6) is 0.00611. The van der Waals surface area contributed by atoms with E-state index >= 15 is 0 Å². The van der Waals surface area contributed by atoms with Crippen molar-refractivity contribution >= 4 is 11.6 Å². The van der Waals surface area contributed by atoms with Crippen LogP contribution < -0.4 is 5.32 Å². The zero-order chi connectivity index (χ0) is 11.8. The minimum absolute atomic E-state index is 0.00611. The highest BCUT2D eigenvalue weighted by Gasteiger charge is 2.05. The second kappa shape index (κ2) is 6.95. The lowest BCUT2D eigenvalue weighted by Gasteiger charge is -2.15. The number of anilines is 1. The van der Waals surface area contributed by atoms with Gasteiger partial charge >= 0.3 is 0 Å². The highest BCUT2D eigenvalue weighted by molar-refractivity contribution is 5.91. The zero-order valence-corrected chi connectivity index (χ0v) is 9.94. The van der Waals surface area contributed by atoms with Gasteiger partial charge in [0.2, 0.25) is 5.91 Å². The van der Waals surface area contributed by atoms with Crippen LogP contribution in [0.4, 0.5) is 5.69 Å². The molecule has 4 heteroatoms. The summed E-state index contributed by atoms with van der Waals surface area (Å²) in [4.78, 5) is 17.6. The van der Waals surface area contributed by atoms with Gasteiger partial charge in [0, 0.05) is 6.20 Å². The molecule has 0 aromatic carbocycles. The first-order valence-electron chi connectivity index (χ1n) is 5.60. The predicted octanol–water partition coefficient (Wildman–Crippen LogP) is 1.75. The monoisotopic (exact) mass is 221 g/mol. The van der Waals surface area contributed by atoms with Gasteiger partial charge in [0.15, 0.2) is 0 Å². The van der Waals surface area contributed by atoms with E-state index in [9.17, 15) is 4.79 Å². The highest BCUT2D eigenvalue weighted by atomic mass is 16.2. The Bertz CT molecular complexity index is 313. The number of aromatic nitrogens is 1. The van der Waals surface area contributed by atoms with Gasteiger partial charge in [-0.3, -0.25) is 14.7 Å². The van der Waals surface area contributed by atoms with Crippen molar-refractivity contribution < 1.29 is 4.79 Å². The number of hydrogen-bond donors (Lipinski definition) is 1. The molecule has 4 nitrogen and oxygen atoms in total. The van der Waals surface area contributed by atoms with Gasteiger partial charge in [-0.15, -0.1) is 0 Å². The van der Waals surface area contributed by atoms with Crippen LogP contribution in [0.5, 0.6) is 0 Å². The smallest absolute Gasteiger partial charge is 0.238 e. The van der Waals surface area contributed by atoms with Gasteiger partial charge in [0.1, 0.15) is 0 Å². The second-order valence-corrected chi connectivity index (χ2v) is 3.88. The summed E-state index contributed by atoms with van der Waals surface area (Å²) in [6.07, 6.45) is 5.60. The molecular formula is C12H19N3O. The van der Waals surface area contributed by atoms with Crippen molar-refractivity contribution in [2.75, 3.05) is 25.5 Å². The van der Waals surface area contributed by atoms with Gasteiger partial charge in [-0.05, 0) is 32.1 Å². The molecule has 88 valence electrons. The number of pyridine rings is 1. The van der Waals surface area contributed by atoms with E-state index in [2.05, 4.69) is 17.2 Å². The van der Waals surface area contributed by atoms with Crippen molar-refractivity contribution in [2.45, 2.75) is 19.8 Å². The Kier molecular flexibility index (Phi) is 5.50. The zero-order valence-electron chi connectivity index (χ0n) is 9.94. The Morgan fingerprint density at radius 2 is 2.38 bits per heavy atom. The Balaban J connectivity index is 2.31. The molecular weight excluding hydrogens is 202 g/mol. The van der Waals surface area contributed by atoms with Crippen LogP contribution >= 0.6 is 0 Å². The molecule has 1 rings (SSSR count). The van der Waals surface area contributed by atoms with Crippen molar-refractivity contribution in [3.05, 3.63) is 24.5 Å². The maximum Gasteiger partial charge on any atom is 0.238 e. The van der Waals surface area contributed by atoms with E-state index in [1.54, 1.807) is 18.5 Å². The van der Waals surface area contributed by atoms with Crippen LogP contribution in [0.15, 0.2) is 24.5 Å². The van der Waals surface area contributed by atoms with E-state index in [-0.39, 0.29) is 5.91 Å². The van der Waals surface area contributed by atoms with Crippen LogP contribution in [0.3, 0.4) is 0 Å². The van der Waals surface area contributed by atoms with Gasteiger partial charge in [-0.1, -0.05) is 13.3 Å². The molecule has 0 saturated heterocycles. The molecule has 0 aliphatic heterocycles. The average Bonchev–Trinajstić information content (AvgIpc) is 2.27. The van der Waals surface area contributed by atoms with Crippen LogP contribution in [-0.4, -0.2) is 35.9 Å². The molecule has 1 aromatic heterocycles. The number of hydrogen-bond acceptors (Lipinski definition) is 3. The quantitative estimate of drug-likeness (QED) is 0.796. The van der Waals surface area contributed by atoms with E-state index in [1.807, 2.05) is 18.0 Å². The molecule has 0 unspecified atom stereocenters. The van der Waals surface area contributed by atoms with Gasteiger partial charge < -0.3 is 5.32 Å². The first kappa shape index (κ1) is 12.6. The molecule has 0 radical (unpaired) electrons. The van der Waals surface area contributed by atoms with Crippen molar-refractivity contribution in [1.29, 1.82) is 0 Å². The van der Waals surface area contributed by atoms with Crippen LogP contribution in [0.25, 0.3) is 0 Å². The molecule has 0 aliphatic carbocycles. The molecule has 16 heavy (non-hydrogen) atoms. The Morgan fingerprint density at radius 3 is 3.00 bits per heavy atom. The molecule has 0 atom stereocenters. The number of rotatable bonds is 6. The van der Waals surface area contributed by atoms with E-state index in [0.29, 0.717) is 6.54 Å². The van der Waals surface area contributed by atoms with E-state index in [4.69, 9.17) is 0 Å². The number of carbonyl (C=O) groups excluding carboxylic acids is 1. The summed E-state index contributed by atoms with van der Waals surface area (Å²) in [7, 11) is 1.96. The number of unbranched alkanes of at least 4 members (excludes halogenated alkanes) is 1. The molecule has 0 fully saturated rings. The lowest BCUT2D eigenvalue weighted by molar-refractivity contribution is -0.117. The fraction of sp³-hybridized carbons (Fsp3) is 0.500. The first-order valence-corrected chi connectivity index (χ1v) is 5.60. The van der Waals surface area contributed by atoms with Crippen molar-refractivity contribution in [1.82, 2.24) is 9.88 Å². The summed E-state index contributed by atoms with van der Waals surface area (Å²) in [5.41, 5.74) is 0.747. The summed E-state index contributed by atoms with van der Waals surface area (Å²) in [5, 5.41) is 2.81. The maximum absolute atomic E-state index is 11.6. The Labute approximate surface area is 96.7 Å². The normalized spacial score (nSPS) is 10.4. The summed E-state index contributed by atoms with van der Waals surface area (Å²) < 4.78 is 0. The van der Waals surface area contributed by atoms with Crippen molar-refractivity contribution in [3.8, 4) is 0 Å². The molecule has 1 N–H and O–H groups in total. The minimum Gasteiger partial charge on any atom is -0.324 e. The number of likely N-dealkylation sites (N-methyl/N-ethyl adjacent to an activating group) is 1. The summed E-state index contributed by atoms with van der Waals surface area (Å²) in [6, 6.07) is 3.63. The molecule has 0 spiro atoms. The summed E-state index contributed by atoms with van der Waals surface area (Å²) >= 11 is 0. The van der Waals surface area contributed by atoms with Gasteiger partial charge in [-0.25, -0.2) is 0 Å². The molecule has 1 amide bonds. The molecule has 0 bridgehead atoms. The van der Waals surface area contributed by atoms with Crippen LogP contribution in [0.2, 0.25) is 0 Å². The van der Waals surface area contributed by atoms with Gasteiger partial charge in [-0.2, -0.15) is 0 Å². The third-order valence-electron chi connectivity index (χ3n) is 2.25. The fourth-order valence-corrected chi connectivity index (χ4v) is 1.39. The third-order valence-corrected chi connectivity index (χ3v) is 2.25. The summed E-state index contributed by atoms with van der Waals surface area (Å²) in [6.45, 7) is 3.52. The largest absolute Gasteiger partial charge is 0.324 e. The highest BCUT2D eigenvalue weighted by Crippen LogP contribution is 2.02. The first-order chi connectivity index (χ1) is 7.72. The maximum atomic E-state index is 11.6. The Hall–Kier alpha value is -1.42. The topological polar surface area (TPSA) is 45.2 Å². The lowest BCUT2D eigenvalue weighted by atomic mass is 10.3. The van der Waals surface area contributed by atoms with Crippen molar-refractivity contribution in [2.24, 2.45) is 0 Å². The SMILES string of the molecule is CCCCN(C)CC(=O)Nc1cccnc1. The number of carbonyl (C=O) groups is 1. The molecule has 1 aromatic rings. The molecule has 1 heterocycles. The van der Waals surface area contributed by atoms with Crippen LogP contribution in [0.1, 0.15) is 19.8 Å². The number of nitrogens with one attached hydrogen (secondary N) is 1. The van der Waals surface area contributed by atoms with E-state index in [0.717, 1.165) is 25.1 Å². The average molecular weight is 221 g/mol. The number of nitrogens with zero attached hydrogens (tertiary/aromatic N) is 2. The van der Waals surface area contributed by atoms with Crippen LogP contribution in [-0.2, 0) is 4.79 Å². The standard InChI is InChI=1S/C12H19N3O/c1-3-4-8-15(2)10-12(16)14-11-6-5-7-13-9-11/h5-7,9H,3-4,8,10H2,1-2H3,(H,14,16). The molecule has 0 saturated carbocycles. The Morgan fingerprint density at radius 1 is 1.56 bits per heavy atom. The van der Waals surface area contributed by atoms with Gasteiger partial charge in [0.25, 0.3) is 0 Å². The minimum atomic E-state index is 0.00611. The third kappa shape index (κ3) is 4.89. The van der Waals surface area contributed by atoms with Crippen molar-refractivity contribution in [3.63, 3.8) is 0 Å². The van der Waals surface area contributed by atoms with E-state index < -0.39 is 0 Å². The lowest BCUT2D eigenvalue weighted by Crippen LogP contribution is -2.30. The number of amides is 1. The predicted molar refractivity (Wildman–Crippen MR) is 65.3 cm³/mol.